The van der Waals surface area contributed by atoms with Crippen molar-refractivity contribution in [1.29, 1.82) is 0 Å². The lowest BCUT2D eigenvalue weighted by atomic mass is 9.83. The molecule has 1 saturated carbocycles. The van der Waals surface area contributed by atoms with E-state index < -0.39 is 0 Å². The van der Waals surface area contributed by atoms with Crippen LogP contribution in [0.4, 0.5) is 5.95 Å². The van der Waals surface area contributed by atoms with E-state index in [4.69, 9.17) is 0 Å². The Labute approximate surface area is 154 Å². The number of benzene rings is 1. The molecule has 0 aliphatic heterocycles. The molecule has 26 heavy (non-hydrogen) atoms. The fraction of sp³-hybridized carbons (Fsp3) is 0.278. The van der Waals surface area contributed by atoms with Crippen molar-refractivity contribution in [1.82, 2.24) is 25.6 Å². The number of hydrogen-bond donors (Lipinski definition) is 2. The first kappa shape index (κ1) is 16.4. The summed E-state index contributed by atoms with van der Waals surface area (Å²) >= 11 is 1.57. The van der Waals surface area contributed by atoms with Crippen LogP contribution in [0.3, 0.4) is 0 Å². The highest BCUT2D eigenvalue weighted by Crippen LogP contribution is 2.36. The molecule has 1 aliphatic rings. The SMILES string of the molecule is Cc1c(C#Cc2nc(C3CCC3)cs2)cccc1C(=O)Nc1nn[nH]n1. The number of anilines is 1. The van der Waals surface area contributed by atoms with Crippen LogP contribution in [-0.2, 0) is 0 Å². The lowest BCUT2D eigenvalue weighted by Crippen LogP contribution is -2.15. The highest BCUT2D eigenvalue weighted by atomic mass is 32.1. The number of rotatable bonds is 3. The van der Waals surface area contributed by atoms with Gasteiger partial charge in [0, 0.05) is 22.4 Å². The number of thiazole rings is 1. The zero-order chi connectivity index (χ0) is 17.9. The van der Waals surface area contributed by atoms with Crippen LogP contribution in [0.25, 0.3) is 0 Å². The topological polar surface area (TPSA) is 96.5 Å². The molecule has 7 nitrogen and oxygen atoms in total. The normalized spacial score (nSPS) is 13.6. The quantitative estimate of drug-likeness (QED) is 0.697. The first-order valence-corrected chi connectivity index (χ1v) is 9.20. The van der Waals surface area contributed by atoms with E-state index in [-0.39, 0.29) is 11.9 Å². The van der Waals surface area contributed by atoms with Gasteiger partial charge in [-0.05, 0) is 48.6 Å². The third-order valence-corrected chi connectivity index (χ3v) is 5.27. The predicted octanol–water partition coefficient (Wildman–Crippen LogP) is 2.88. The summed E-state index contributed by atoms with van der Waals surface area (Å²) in [5.41, 5.74) is 3.29. The number of aromatic amines is 1. The van der Waals surface area contributed by atoms with Crippen molar-refractivity contribution in [2.45, 2.75) is 32.1 Å². The Kier molecular flexibility index (Phi) is 4.46. The van der Waals surface area contributed by atoms with Gasteiger partial charge in [0.1, 0.15) is 0 Å². The smallest absolute Gasteiger partial charge is 0.270 e. The van der Waals surface area contributed by atoms with E-state index in [1.165, 1.54) is 19.3 Å². The molecule has 0 saturated heterocycles. The van der Waals surface area contributed by atoms with E-state index in [0.717, 1.165) is 21.8 Å². The van der Waals surface area contributed by atoms with Crippen LogP contribution in [0.5, 0.6) is 0 Å². The molecule has 3 aromatic rings. The van der Waals surface area contributed by atoms with Crippen molar-refractivity contribution in [3.8, 4) is 11.8 Å². The number of hydrogen-bond acceptors (Lipinski definition) is 6. The van der Waals surface area contributed by atoms with Gasteiger partial charge in [0.05, 0.1) is 5.69 Å². The van der Waals surface area contributed by atoms with Crippen molar-refractivity contribution < 1.29 is 4.79 Å². The Bertz CT molecular complexity index is 994. The van der Waals surface area contributed by atoms with Gasteiger partial charge in [-0.2, -0.15) is 5.21 Å². The van der Waals surface area contributed by atoms with Gasteiger partial charge in [-0.15, -0.1) is 16.4 Å². The molecule has 4 rings (SSSR count). The monoisotopic (exact) mass is 364 g/mol. The molecule has 1 fully saturated rings. The van der Waals surface area contributed by atoms with Crippen LogP contribution in [-0.4, -0.2) is 31.5 Å². The number of nitrogens with zero attached hydrogens (tertiary/aromatic N) is 4. The first-order valence-electron chi connectivity index (χ1n) is 8.32. The van der Waals surface area contributed by atoms with Crippen LogP contribution in [0.2, 0.25) is 0 Å². The van der Waals surface area contributed by atoms with Crippen LogP contribution in [0.15, 0.2) is 23.6 Å². The molecule has 2 heterocycles. The van der Waals surface area contributed by atoms with Crippen LogP contribution < -0.4 is 5.32 Å². The number of aromatic nitrogens is 5. The highest BCUT2D eigenvalue weighted by molar-refractivity contribution is 7.10. The second kappa shape index (κ2) is 7.06. The molecular weight excluding hydrogens is 348 g/mol. The summed E-state index contributed by atoms with van der Waals surface area (Å²) in [6.45, 7) is 1.87. The number of H-pyrrole nitrogens is 1. The average molecular weight is 364 g/mol. The summed E-state index contributed by atoms with van der Waals surface area (Å²) < 4.78 is 0. The Morgan fingerprint density at radius 3 is 2.96 bits per heavy atom. The minimum atomic E-state index is -0.297. The van der Waals surface area contributed by atoms with Gasteiger partial charge < -0.3 is 0 Å². The Morgan fingerprint density at radius 1 is 1.35 bits per heavy atom. The van der Waals surface area contributed by atoms with Crippen LogP contribution in [0.1, 0.15) is 57.4 Å². The van der Waals surface area contributed by atoms with Crippen molar-refractivity contribution in [3.63, 3.8) is 0 Å². The molecule has 0 radical (unpaired) electrons. The second-order valence-electron chi connectivity index (χ2n) is 6.12. The van der Waals surface area contributed by atoms with Gasteiger partial charge in [0.15, 0.2) is 5.01 Å². The molecule has 8 heteroatoms. The molecule has 0 spiro atoms. The number of carbonyl (C=O) groups excluding carboxylic acids is 1. The summed E-state index contributed by atoms with van der Waals surface area (Å²) in [5.74, 6) is 6.71. The van der Waals surface area contributed by atoms with Gasteiger partial charge in [-0.25, -0.2) is 4.98 Å². The van der Waals surface area contributed by atoms with Gasteiger partial charge in [0.25, 0.3) is 11.9 Å². The van der Waals surface area contributed by atoms with Crippen LogP contribution >= 0.6 is 11.3 Å². The Morgan fingerprint density at radius 2 is 2.23 bits per heavy atom. The average Bonchev–Trinajstić information content (AvgIpc) is 3.24. The van der Waals surface area contributed by atoms with Gasteiger partial charge >= 0.3 is 0 Å². The molecule has 0 atom stereocenters. The maximum absolute atomic E-state index is 12.4. The van der Waals surface area contributed by atoms with Crippen LogP contribution in [0, 0.1) is 18.8 Å². The largest absolute Gasteiger partial charge is 0.288 e. The van der Waals surface area contributed by atoms with Crippen molar-refractivity contribution >= 4 is 23.2 Å². The lowest BCUT2D eigenvalue weighted by molar-refractivity contribution is 0.102. The van der Waals surface area contributed by atoms with E-state index in [1.54, 1.807) is 17.4 Å². The minimum absolute atomic E-state index is 0.136. The lowest BCUT2D eigenvalue weighted by Gasteiger charge is -2.22. The molecule has 1 aliphatic carbocycles. The van der Waals surface area contributed by atoms with Gasteiger partial charge in [-0.1, -0.05) is 23.5 Å². The third-order valence-electron chi connectivity index (χ3n) is 4.50. The van der Waals surface area contributed by atoms with Crippen molar-refractivity contribution in [3.05, 3.63) is 51.0 Å². The minimum Gasteiger partial charge on any atom is -0.288 e. The Balaban J connectivity index is 1.54. The van der Waals surface area contributed by atoms with E-state index in [9.17, 15) is 4.79 Å². The summed E-state index contributed by atoms with van der Waals surface area (Å²) in [4.78, 5) is 17.0. The molecule has 2 aromatic heterocycles. The number of tetrazole rings is 1. The maximum Gasteiger partial charge on any atom is 0.270 e. The zero-order valence-electron chi connectivity index (χ0n) is 14.1. The van der Waals surface area contributed by atoms with E-state index in [0.29, 0.717) is 11.5 Å². The fourth-order valence-corrected chi connectivity index (χ4v) is 3.50. The molecule has 1 aromatic carbocycles. The molecule has 0 bridgehead atoms. The first-order chi connectivity index (χ1) is 12.7. The maximum atomic E-state index is 12.4. The summed E-state index contributed by atoms with van der Waals surface area (Å²) in [6, 6.07) is 5.45. The van der Waals surface area contributed by atoms with Crippen molar-refractivity contribution in [2.75, 3.05) is 5.32 Å². The molecular formula is C18H16N6OS. The molecule has 130 valence electrons. The molecule has 1 amide bonds. The van der Waals surface area contributed by atoms with E-state index in [1.807, 2.05) is 19.1 Å². The highest BCUT2D eigenvalue weighted by Gasteiger charge is 2.21. The number of carbonyl (C=O) groups is 1. The molecule has 2 N–H and O–H groups in total. The second-order valence-corrected chi connectivity index (χ2v) is 6.98. The summed E-state index contributed by atoms with van der Waals surface area (Å²) in [5, 5.41) is 18.7. The van der Waals surface area contributed by atoms with Crippen molar-refractivity contribution in [2.24, 2.45) is 0 Å². The summed E-state index contributed by atoms with van der Waals surface area (Å²) in [7, 11) is 0. The molecule has 0 unspecified atom stereocenters. The van der Waals surface area contributed by atoms with E-state index in [2.05, 4.69) is 48.1 Å². The zero-order valence-corrected chi connectivity index (χ0v) is 14.9. The number of amides is 1. The van der Waals surface area contributed by atoms with Gasteiger partial charge in [-0.3, -0.25) is 10.1 Å². The van der Waals surface area contributed by atoms with E-state index >= 15 is 0 Å². The standard InChI is InChI=1S/C18H16N6OS/c1-11-12(8-9-16-19-15(10-26-16)13-5-2-6-13)4-3-7-14(11)17(25)20-18-21-23-24-22-18/h3-4,7,10,13H,2,5-6H2,1H3,(H2,20,21,22,23,24,25). The third kappa shape index (κ3) is 3.34. The Hall–Kier alpha value is -3.05. The predicted molar refractivity (Wildman–Crippen MR) is 98.0 cm³/mol. The van der Waals surface area contributed by atoms with Gasteiger partial charge in [0.2, 0.25) is 0 Å². The summed E-state index contributed by atoms with van der Waals surface area (Å²) in [6.07, 6.45) is 3.75. The fourth-order valence-electron chi connectivity index (χ4n) is 2.76. The number of nitrogens with one attached hydrogen (secondary N) is 2.